The van der Waals surface area contributed by atoms with Crippen molar-refractivity contribution in [3.8, 4) is 5.75 Å². The Labute approximate surface area is 193 Å². The van der Waals surface area contributed by atoms with E-state index >= 15 is 0 Å². The zero-order valence-corrected chi connectivity index (χ0v) is 19.6. The van der Waals surface area contributed by atoms with Gasteiger partial charge in [-0.2, -0.15) is 5.10 Å². The Morgan fingerprint density at radius 3 is 2.39 bits per heavy atom. The number of rotatable bonds is 9. The van der Waals surface area contributed by atoms with Crippen LogP contribution in [-0.4, -0.2) is 30.7 Å². The van der Waals surface area contributed by atoms with Crippen LogP contribution in [0.25, 0.3) is 0 Å². The first-order valence-electron chi connectivity index (χ1n) is 9.94. The Morgan fingerprint density at radius 1 is 1.10 bits per heavy atom. The fourth-order valence-corrected chi connectivity index (χ4v) is 3.32. The zero-order valence-electron chi connectivity index (χ0n) is 18.0. The molecule has 6 nitrogen and oxygen atoms in total. The lowest BCUT2D eigenvalue weighted by Gasteiger charge is -2.19. The van der Waals surface area contributed by atoms with Gasteiger partial charge < -0.3 is 10.1 Å². The lowest BCUT2D eigenvalue weighted by Crippen LogP contribution is -2.47. The first kappa shape index (κ1) is 24.7. The second-order valence-corrected chi connectivity index (χ2v) is 8.42. The average Bonchev–Trinajstić information content (AvgIpc) is 2.70. The first-order chi connectivity index (χ1) is 14.7. The molecule has 31 heavy (non-hydrogen) atoms. The van der Waals surface area contributed by atoms with Gasteiger partial charge in [0.15, 0.2) is 6.61 Å². The van der Waals surface area contributed by atoms with Crippen molar-refractivity contribution in [2.24, 2.45) is 11.0 Å². The van der Waals surface area contributed by atoms with Crippen molar-refractivity contribution in [1.82, 2.24) is 10.7 Å². The van der Waals surface area contributed by atoms with Gasteiger partial charge in [0.1, 0.15) is 11.8 Å². The van der Waals surface area contributed by atoms with E-state index in [2.05, 4.69) is 15.8 Å². The average molecular weight is 464 g/mol. The molecule has 2 amide bonds. The van der Waals surface area contributed by atoms with Crippen LogP contribution in [0.3, 0.4) is 0 Å². The number of benzene rings is 2. The van der Waals surface area contributed by atoms with Crippen molar-refractivity contribution in [1.29, 1.82) is 0 Å². The summed E-state index contributed by atoms with van der Waals surface area (Å²) in [4.78, 5) is 25.0. The Morgan fingerprint density at radius 2 is 1.74 bits per heavy atom. The molecule has 2 N–H and O–H groups in total. The van der Waals surface area contributed by atoms with E-state index in [1.54, 1.807) is 18.2 Å². The molecule has 8 heteroatoms. The monoisotopic (exact) mass is 463 g/mol. The lowest BCUT2D eigenvalue weighted by molar-refractivity contribution is -0.130. The van der Waals surface area contributed by atoms with Crippen LogP contribution in [-0.2, 0) is 9.59 Å². The van der Waals surface area contributed by atoms with Gasteiger partial charge in [0.2, 0.25) is 0 Å². The number of hydrogen-bond donors (Lipinski definition) is 2. The molecule has 0 saturated heterocycles. The summed E-state index contributed by atoms with van der Waals surface area (Å²) in [5.41, 5.74) is 4.91. The van der Waals surface area contributed by atoms with Gasteiger partial charge in [-0.15, -0.1) is 0 Å². The van der Waals surface area contributed by atoms with E-state index in [4.69, 9.17) is 27.9 Å². The van der Waals surface area contributed by atoms with Gasteiger partial charge in [-0.25, -0.2) is 5.43 Å². The number of amides is 2. The predicted octanol–water partition coefficient (Wildman–Crippen LogP) is 4.67. The summed E-state index contributed by atoms with van der Waals surface area (Å²) >= 11 is 12.1. The number of carbonyl (C=O) groups excluding carboxylic acids is 2. The van der Waals surface area contributed by atoms with Crippen LogP contribution in [0.5, 0.6) is 5.75 Å². The normalized spacial score (nSPS) is 12.1. The molecular formula is C23H27Cl2N3O3. The number of aryl methyl sites for hydroxylation is 2. The number of hydrogen-bond acceptors (Lipinski definition) is 4. The molecule has 0 aliphatic carbocycles. The van der Waals surface area contributed by atoms with Crippen molar-refractivity contribution in [2.45, 2.75) is 40.2 Å². The molecule has 2 aromatic rings. The number of halogens is 2. The summed E-state index contributed by atoms with van der Waals surface area (Å²) in [5, 5.41) is 7.41. The summed E-state index contributed by atoms with van der Waals surface area (Å²) in [6.07, 6.45) is 1.86. The Hall–Kier alpha value is -2.57. The maximum absolute atomic E-state index is 12.6. The number of hydrazone groups is 1. The van der Waals surface area contributed by atoms with Crippen molar-refractivity contribution in [2.75, 3.05) is 6.61 Å². The minimum atomic E-state index is -0.749. The second-order valence-electron chi connectivity index (χ2n) is 7.64. The van der Waals surface area contributed by atoms with Crippen LogP contribution in [0.15, 0.2) is 41.5 Å². The highest BCUT2D eigenvalue weighted by Gasteiger charge is 2.22. The lowest BCUT2D eigenvalue weighted by atomic mass is 10.0. The SMILES string of the molecule is Cc1cccc(C)c1OCC(=O)N[C@@H](CC(C)C)C(=O)N/N=C\c1cccc(Cl)c1Cl. The number of para-hydroxylation sites is 1. The van der Waals surface area contributed by atoms with Crippen LogP contribution in [0, 0.1) is 19.8 Å². The summed E-state index contributed by atoms with van der Waals surface area (Å²) in [6, 6.07) is 10.1. The smallest absolute Gasteiger partial charge is 0.262 e. The molecule has 0 bridgehead atoms. The standard InChI is InChI=1S/C23H27Cl2N3O3/c1-14(2)11-19(23(30)28-26-12-17-9-6-10-18(24)21(17)25)27-20(29)13-31-22-15(3)7-5-8-16(22)4/h5-10,12,14,19H,11,13H2,1-4H3,(H,27,29)(H,28,30)/b26-12-/t19-/m0/s1. The van der Waals surface area contributed by atoms with Crippen LogP contribution in [0.2, 0.25) is 10.0 Å². The third-order valence-corrected chi connectivity index (χ3v) is 5.31. The van der Waals surface area contributed by atoms with E-state index < -0.39 is 11.9 Å². The number of ether oxygens (including phenoxy) is 1. The van der Waals surface area contributed by atoms with Crippen molar-refractivity contribution in [3.63, 3.8) is 0 Å². The van der Waals surface area contributed by atoms with Gasteiger partial charge in [0.25, 0.3) is 11.8 Å². The Bertz CT molecular complexity index is 941. The molecule has 0 unspecified atom stereocenters. The molecule has 1 atom stereocenters. The minimum Gasteiger partial charge on any atom is -0.483 e. The third kappa shape index (κ3) is 7.56. The van der Waals surface area contributed by atoms with E-state index in [1.807, 2.05) is 45.9 Å². The van der Waals surface area contributed by atoms with Crippen molar-refractivity contribution >= 4 is 41.2 Å². The highest BCUT2D eigenvalue weighted by Crippen LogP contribution is 2.24. The third-order valence-electron chi connectivity index (χ3n) is 4.48. The van der Waals surface area contributed by atoms with Gasteiger partial charge in [0.05, 0.1) is 16.3 Å². The number of nitrogens with zero attached hydrogens (tertiary/aromatic N) is 1. The van der Waals surface area contributed by atoms with Crippen LogP contribution < -0.4 is 15.5 Å². The Balaban J connectivity index is 1.98. The molecule has 0 aliphatic rings. The minimum absolute atomic E-state index is 0.182. The number of nitrogens with one attached hydrogen (secondary N) is 2. The molecule has 0 aromatic heterocycles. The maximum atomic E-state index is 12.6. The molecule has 0 heterocycles. The fourth-order valence-electron chi connectivity index (χ4n) is 2.97. The summed E-state index contributed by atoms with van der Waals surface area (Å²) in [5.74, 6) is 0.0429. The zero-order chi connectivity index (χ0) is 23.0. The first-order valence-corrected chi connectivity index (χ1v) is 10.7. The predicted molar refractivity (Wildman–Crippen MR) is 125 cm³/mol. The van der Waals surface area contributed by atoms with E-state index in [1.165, 1.54) is 6.21 Å². The van der Waals surface area contributed by atoms with E-state index in [-0.39, 0.29) is 18.4 Å². The molecule has 2 rings (SSSR count). The molecule has 166 valence electrons. The fraction of sp³-hybridized carbons (Fsp3) is 0.348. The van der Waals surface area contributed by atoms with Gasteiger partial charge in [-0.1, -0.05) is 67.4 Å². The largest absolute Gasteiger partial charge is 0.483 e. The van der Waals surface area contributed by atoms with Crippen molar-refractivity contribution < 1.29 is 14.3 Å². The van der Waals surface area contributed by atoms with E-state index in [9.17, 15) is 9.59 Å². The molecule has 0 saturated carbocycles. The van der Waals surface area contributed by atoms with Crippen LogP contribution >= 0.6 is 23.2 Å². The quantitative estimate of drug-likeness (QED) is 0.418. The van der Waals surface area contributed by atoms with Gasteiger partial charge in [0, 0.05) is 5.56 Å². The molecular weight excluding hydrogens is 437 g/mol. The van der Waals surface area contributed by atoms with E-state index in [0.29, 0.717) is 27.8 Å². The second kappa shape index (κ2) is 11.7. The highest BCUT2D eigenvalue weighted by atomic mass is 35.5. The molecule has 0 spiro atoms. The van der Waals surface area contributed by atoms with Crippen LogP contribution in [0.4, 0.5) is 0 Å². The highest BCUT2D eigenvalue weighted by molar-refractivity contribution is 6.43. The van der Waals surface area contributed by atoms with E-state index in [0.717, 1.165) is 11.1 Å². The van der Waals surface area contributed by atoms with Crippen molar-refractivity contribution in [3.05, 3.63) is 63.1 Å². The summed E-state index contributed by atoms with van der Waals surface area (Å²) in [6.45, 7) is 7.58. The molecule has 2 aromatic carbocycles. The van der Waals surface area contributed by atoms with Gasteiger partial charge in [-0.3, -0.25) is 9.59 Å². The molecule has 0 radical (unpaired) electrons. The maximum Gasteiger partial charge on any atom is 0.262 e. The van der Waals surface area contributed by atoms with Gasteiger partial charge >= 0.3 is 0 Å². The van der Waals surface area contributed by atoms with Gasteiger partial charge in [-0.05, 0) is 43.4 Å². The number of carbonyl (C=O) groups is 2. The summed E-state index contributed by atoms with van der Waals surface area (Å²) in [7, 11) is 0. The topological polar surface area (TPSA) is 79.8 Å². The molecule has 0 fully saturated rings. The molecule has 0 aliphatic heterocycles. The Kier molecular flexibility index (Phi) is 9.34. The summed E-state index contributed by atoms with van der Waals surface area (Å²) < 4.78 is 5.68. The van der Waals surface area contributed by atoms with Crippen LogP contribution in [0.1, 0.15) is 37.0 Å².